The van der Waals surface area contributed by atoms with E-state index in [9.17, 15) is 4.79 Å². The minimum Gasteiger partial charge on any atom is -0.493 e. The molecule has 6 heteroatoms. The van der Waals surface area contributed by atoms with Crippen molar-refractivity contribution in [3.8, 4) is 17.2 Å². The van der Waals surface area contributed by atoms with Gasteiger partial charge in [-0.25, -0.2) is 0 Å². The van der Waals surface area contributed by atoms with Crippen molar-refractivity contribution in [3.05, 3.63) is 24.8 Å². The maximum absolute atomic E-state index is 11.7. The molecule has 110 valence electrons. The van der Waals surface area contributed by atoms with Gasteiger partial charge in [0.15, 0.2) is 11.5 Å². The van der Waals surface area contributed by atoms with Gasteiger partial charge in [0.1, 0.15) is 0 Å². The molecule has 0 aliphatic heterocycles. The van der Waals surface area contributed by atoms with Crippen LogP contribution in [0, 0.1) is 0 Å². The second-order valence-corrected chi connectivity index (χ2v) is 3.88. The second-order valence-electron chi connectivity index (χ2n) is 3.88. The molecule has 0 aliphatic rings. The average molecular weight is 280 g/mol. The summed E-state index contributed by atoms with van der Waals surface area (Å²) < 4.78 is 15.6. The normalized spacial score (nSPS) is 9.75. The molecule has 0 aliphatic carbocycles. The Kier molecular flexibility index (Phi) is 6.39. The van der Waals surface area contributed by atoms with Crippen molar-refractivity contribution in [2.75, 3.05) is 39.7 Å². The number of hydrogen-bond donors (Lipinski definition) is 2. The number of carbonyl (C=O) groups is 1. The molecular formula is C14H20N2O4. The van der Waals surface area contributed by atoms with Crippen molar-refractivity contribution in [1.29, 1.82) is 0 Å². The van der Waals surface area contributed by atoms with E-state index in [4.69, 9.17) is 14.2 Å². The Morgan fingerprint density at radius 2 is 1.80 bits per heavy atom. The maximum atomic E-state index is 11.7. The highest BCUT2D eigenvalue weighted by atomic mass is 16.5. The summed E-state index contributed by atoms with van der Waals surface area (Å²) in [5.41, 5.74) is 0.574. The Balaban J connectivity index is 2.85. The topological polar surface area (TPSA) is 68.8 Å². The minimum absolute atomic E-state index is 0.166. The number of methoxy groups -OCH3 is 3. The molecule has 0 bridgehead atoms. The third kappa shape index (κ3) is 4.17. The first-order valence-corrected chi connectivity index (χ1v) is 6.07. The Bertz CT molecular complexity index is 449. The highest BCUT2D eigenvalue weighted by Gasteiger charge is 2.14. The zero-order valence-corrected chi connectivity index (χ0v) is 12.0. The Labute approximate surface area is 118 Å². The van der Waals surface area contributed by atoms with Crippen LogP contribution in [-0.2, 0) is 4.79 Å². The van der Waals surface area contributed by atoms with E-state index in [-0.39, 0.29) is 12.5 Å². The molecule has 0 saturated carbocycles. The molecule has 0 atom stereocenters. The standard InChI is InChI=1S/C14H20N2O4/c1-5-6-15-9-13(17)16-10-7-11(18-2)14(20-4)12(8-10)19-3/h5,7-8,15H,1,6,9H2,2-4H3,(H,16,17). The molecule has 0 saturated heterocycles. The summed E-state index contributed by atoms with van der Waals surface area (Å²) in [6.45, 7) is 4.33. The third-order valence-electron chi connectivity index (χ3n) is 2.52. The maximum Gasteiger partial charge on any atom is 0.238 e. The molecule has 0 radical (unpaired) electrons. The van der Waals surface area contributed by atoms with Crippen molar-refractivity contribution >= 4 is 11.6 Å². The molecule has 0 heterocycles. The lowest BCUT2D eigenvalue weighted by Crippen LogP contribution is -2.28. The van der Waals surface area contributed by atoms with Crippen LogP contribution < -0.4 is 24.8 Å². The molecule has 0 aromatic heterocycles. The molecule has 2 N–H and O–H groups in total. The van der Waals surface area contributed by atoms with Crippen LogP contribution >= 0.6 is 0 Å². The SMILES string of the molecule is C=CCNCC(=O)Nc1cc(OC)c(OC)c(OC)c1. The van der Waals surface area contributed by atoms with E-state index in [1.54, 1.807) is 18.2 Å². The van der Waals surface area contributed by atoms with Gasteiger partial charge in [-0.15, -0.1) is 6.58 Å². The first kappa shape index (κ1) is 15.8. The van der Waals surface area contributed by atoms with E-state index >= 15 is 0 Å². The van der Waals surface area contributed by atoms with Gasteiger partial charge in [0.05, 0.1) is 27.9 Å². The summed E-state index contributed by atoms with van der Waals surface area (Å²) in [6.07, 6.45) is 1.69. The highest BCUT2D eigenvalue weighted by molar-refractivity contribution is 5.93. The van der Waals surface area contributed by atoms with Gasteiger partial charge in [-0.3, -0.25) is 4.79 Å². The number of nitrogens with one attached hydrogen (secondary N) is 2. The smallest absolute Gasteiger partial charge is 0.238 e. The molecule has 0 spiro atoms. The zero-order chi connectivity index (χ0) is 15.0. The second kappa shape index (κ2) is 8.06. The van der Waals surface area contributed by atoms with Crippen molar-refractivity contribution < 1.29 is 19.0 Å². The predicted octanol–water partition coefficient (Wildman–Crippen LogP) is 1.43. The molecule has 0 unspecified atom stereocenters. The van der Waals surface area contributed by atoms with Gasteiger partial charge in [0, 0.05) is 24.4 Å². The summed E-state index contributed by atoms with van der Waals surface area (Å²) in [7, 11) is 4.57. The first-order chi connectivity index (χ1) is 9.65. The lowest BCUT2D eigenvalue weighted by Gasteiger charge is -2.14. The Hall–Kier alpha value is -2.21. The molecule has 1 aromatic rings. The van der Waals surface area contributed by atoms with E-state index in [0.717, 1.165) is 0 Å². The van der Waals surface area contributed by atoms with Gasteiger partial charge in [0.2, 0.25) is 11.7 Å². The molecular weight excluding hydrogens is 260 g/mol. The van der Waals surface area contributed by atoms with Gasteiger partial charge >= 0.3 is 0 Å². The number of carbonyl (C=O) groups excluding carboxylic acids is 1. The number of benzene rings is 1. The predicted molar refractivity (Wildman–Crippen MR) is 77.8 cm³/mol. The lowest BCUT2D eigenvalue weighted by molar-refractivity contribution is -0.115. The van der Waals surface area contributed by atoms with Gasteiger partial charge in [0.25, 0.3) is 0 Å². The van der Waals surface area contributed by atoms with Crippen molar-refractivity contribution in [2.45, 2.75) is 0 Å². The Morgan fingerprint density at radius 1 is 1.20 bits per heavy atom. The minimum atomic E-state index is -0.166. The van der Waals surface area contributed by atoms with E-state index in [2.05, 4.69) is 17.2 Å². The quantitative estimate of drug-likeness (QED) is 0.557. The summed E-state index contributed by atoms with van der Waals surface area (Å²) in [4.78, 5) is 11.7. The van der Waals surface area contributed by atoms with Crippen LogP contribution in [0.1, 0.15) is 0 Å². The van der Waals surface area contributed by atoms with E-state index in [1.807, 2.05) is 0 Å². The zero-order valence-electron chi connectivity index (χ0n) is 12.0. The molecule has 6 nitrogen and oxygen atoms in total. The van der Waals surface area contributed by atoms with Crippen LogP contribution in [-0.4, -0.2) is 40.3 Å². The monoisotopic (exact) mass is 280 g/mol. The number of ether oxygens (including phenoxy) is 3. The van der Waals surface area contributed by atoms with Crippen LogP contribution in [0.15, 0.2) is 24.8 Å². The summed E-state index contributed by atoms with van der Waals surface area (Å²) in [5, 5.41) is 5.67. The van der Waals surface area contributed by atoms with E-state index in [1.165, 1.54) is 21.3 Å². The van der Waals surface area contributed by atoms with Crippen LogP contribution in [0.25, 0.3) is 0 Å². The molecule has 1 rings (SSSR count). The van der Waals surface area contributed by atoms with Gasteiger partial charge in [-0.1, -0.05) is 6.08 Å². The average Bonchev–Trinajstić information content (AvgIpc) is 2.46. The lowest BCUT2D eigenvalue weighted by atomic mass is 10.2. The van der Waals surface area contributed by atoms with Crippen molar-refractivity contribution in [2.24, 2.45) is 0 Å². The van der Waals surface area contributed by atoms with Crippen LogP contribution in [0.5, 0.6) is 17.2 Å². The number of hydrogen-bond acceptors (Lipinski definition) is 5. The molecule has 1 aromatic carbocycles. The first-order valence-electron chi connectivity index (χ1n) is 6.07. The van der Waals surface area contributed by atoms with E-state index < -0.39 is 0 Å². The van der Waals surface area contributed by atoms with Crippen molar-refractivity contribution in [3.63, 3.8) is 0 Å². The fourth-order valence-electron chi connectivity index (χ4n) is 1.65. The van der Waals surface area contributed by atoms with Crippen LogP contribution in [0.2, 0.25) is 0 Å². The summed E-state index contributed by atoms with van der Waals surface area (Å²) in [6, 6.07) is 3.35. The summed E-state index contributed by atoms with van der Waals surface area (Å²) >= 11 is 0. The highest BCUT2D eigenvalue weighted by Crippen LogP contribution is 2.39. The third-order valence-corrected chi connectivity index (χ3v) is 2.52. The van der Waals surface area contributed by atoms with Crippen LogP contribution in [0.4, 0.5) is 5.69 Å². The Morgan fingerprint density at radius 3 is 2.25 bits per heavy atom. The fraction of sp³-hybridized carbons (Fsp3) is 0.357. The largest absolute Gasteiger partial charge is 0.493 e. The molecule has 1 amide bonds. The number of rotatable bonds is 8. The number of anilines is 1. The number of amides is 1. The van der Waals surface area contributed by atoms with Gasteiger partial charge < -0.3 is 24.8 Å². The van der Waals surface area contributed by atoms with Crippen molar-refractivity contribution in [1.82, 2.24) is 5.32 Å². The van der Waals surface area contributed by atoms with E-state index in [0.29, 0.717) is 29.5 Å². The van der Waals surface area contributed by atoms with Crippen LogP contribution in [0.3, 0.4) is 0 Å². The van der Waals surface area contributed by atoms with Gasteiger partial charge in [-0.05, 0) is 0 Å². The van der Waals surface area contributed by atoms with Gasteiger partial charge in [-0.2, -0.15) is 0 Å². The fourth-order valence-corrected chi connectivity index (χ4v) is 1.65. The molecule has 0 fully saturated rings. The molecule has 20 heavy (non-hydrogen) atoms. The summed E-state index contributed by atoms with van der Waals surface area (Å²) in [5.74, 6) is 1.29.